The molecule has 0 bridgehead atoms. The molecule has 0 radical (unpaired) electrons. The zero-order valence-corrected chi connectivity index (χ0v) is 16.8. The molecule has 0 saturated heterocycles. The lowest BCUT2D eigenvalue weighted by atomic mass is 10.0. The van der Waals surface area contributed by atoms with Crippen molar-refractivity contribution >= 4 is 27.3 Å². The molecule has 0 spiro atoms. The van der Waals surface area contributed by atoms with E-state index in [-0.39, 0.29) is 4.90 Å². The number of halogens is 1. The number of nitrogens with zero attached hydrogens (tertiary/aromatic N) is 1. The van der Waals surface area contributed by atoms with Gasteiger partial charge in [-0.3, -0.25) is 4.72 Å². The number of sulfonamides is 1. The fourth-order valence-electron chi connectivity index (χ4n) is 3.33. The maximum atomic E-state index is 12.7. The first-order valence-corrected chi connectivity index (χ1v) is 10.9. The van der Waals surface area contributed by atoms with E-state index in [1.54, 1.807) is 12.1 Å². The van der Waals surface area contributed by atoms with Gasteiger partial charge >= 0.3 is 0 Å². The summed E-state index contributed by atoms with van der Waals surface area (Å²) in [6.07, 6.45) is 3.11. The Balaban J connectivity index is 1.80. The fraction of sp³-hybridized carbons (Fsp3) is 0.400. The summed E-state index contributed by atoms with van der Waals surface area (Å²) in [5.41, 5.74) is 3.99. The first kappa shape index (κ1) is 19.2. The Morgan fingerprint density at radius 1 is 1.08 bits per heavy atom. The summed E-state index contributed by atoms with van der Waals surface area (Å²) in [4.78, 5) is 2.65. The molecule has 26 heavy (non-hydrogen) atoms. The number of hydrogen-bond acceptors (Lipinski definition) is 3. The van der Waals surface area contributed by atoms with Crippen LogP contribution in [0.3, 0.4) is 0 Å². The van der Waals surface area contributed by atoms with Gasteiger partial charge in [0.15, 0.2) is 0 Å². The molecule has 4 nitrogen and oxygen atoms in total. The van der Waals surface area contributed by atoms with Crippen molar-refractivity contribution in [2.45, 2.75) is 38.0 Å². The van der Waals surface area contributed by atoms with Gasteiger partial charge in [-0.25, -0.2) is 8.42 Å². The predicted molar refractivity (Wildman–Crippen MR) is 108 cm³/mol. The van der Waals surface area contributed by atoms with Crippen molar-refractivity contribution in [1.29, 1.82) is 0 Å². The number of nitrogens with one attached hydrogen (secondary N) is 1. The molecule has 0 aromatic heterocycles. The van der Waals surface area contributed by atoms with Crippen molar-refractivity contribution in [3.8, 4) is 0 Å². The molecule has 3 rings (SSSR count). The second kappa shape index (κ2) is 7.99. The van der Waals surface area contributed by atoms with Crippen molar-refractivity contribution < 1.29 is 8.42 Å². The average Bonchev–Trinajstić information content (AvgIpc) is 2.79. The Morgan fingerprint density at radius 3 is 2.50 bits per heavy atom. The van der Waals surface area contributed by atoms with Gasteiger partial charge in [0, 0.05) is 23.8 Å². The van der Waals surface area contributed by atoms with E-state index in [4.69, 9.17) is 11.6 Å². The number of benzene rings is 2. The highest BCUT2D eigenvalue weighted by Gasteiger charge is 2.18. The molecule has 1 N–H and O–H groups in total. The SMILES string of the molecule is CCCN1CCc2ccc(NS(=O)(=O)c3ccc(C)c(Cl)c3)cc2CC1. The summed E-state index contributed by atoms with van der Waals surface area (Å²) in [5, 5.41) is 0.450. The summed E-state index contributed by atoms with van der Waals surface area (Å²) >= 11 is 6.08. The highest BCUT2D eigenvalue weighted by atomic mass is 35.5. The zero-order chi connectivity index (χ0) is 18.7. The molecule has 0 amide bonds. The summed E-state index contributed by atoms with van der Waals surface area (Å²) in [7, 11) is -3.65. The molecule has 0 atom stereocenters. The molecular weight excluding hydrogens is 368 g/mol. The van der Waals surface area contributed by atoms with Crippen LogP contribution in [0.2, 0.25) is 5.02 Å². The first-order valence-electron chi connectivity index (χ1n) is 9.02. The van der Waals surface area contributed by atoms with Gasteiger partial charge in [-0.15, -0.1) is 0 Å². The quantitative estimate of drug-likeness (QED) is 0.827. The molecule has 1 aliphatic rings. The van der Waals surface area contributed by atoms with Crippen molar-refractivity contribution in [3.05, 3.63) is 58.1 Å². The van der Waals surface area contributed by atoms with E-state index >= 15 is 0 Å². The van der Waals surface area contributed by atoms with Crippen LogP contribution in [0.4, 0.5) is 5.69 Å². The third-order valence-electron chi connectivity index (χ3n) is 4.85. The van der Waals surface area contributed by atoms with Gasteiger partial charge in [-0.1, -0.05) is 30.7 Å². The van der Waals surface area contributed by atoms with Crippen LogP contribution in [-0.2, 0) is 22.9 Å². The van der Waals surface area contributed by atoms with E-state index in [0.717, 1.165) is 44.5 Å². The smallest absolute Gasteiger partial charge is 0.261 e. The summed E-state index contributed by atoms with van der Waals surface area (Å²) in [6.45, 7) is 7.24. The Morgan fingerprint density at radius 2 is 1.81 bits per heavy atom. The van der Waals surface area contributed by atoms with Gasteiger partial charge in [0.05, 0.1) is 4.90 Å². The van der Waals surface area contributed by atoms with Crippen LogP contribution >= 0.6 is 11.6 Å². The van der Waals surface area contributed by atoms with Gasteiger partial charge < -0.3 is 4.90 Å². The molecule has 2 aromatic rings. The van der Waals surface area contributed by atoms with Crippen LogP contribution in [-0.4, -0.2) is 33.0 Å². The highest BCUT2D eigenvalue weighted by molar-refractivity contribution is 7.92. The lowest BCUT2D eigenvalue weighted by molar-refractivity contribution is 0.288. The Hall–Kier alpha value is -1.56. The number of aryl methyl sites for hydroxylation is 1. The molecule has 0 aliphatic carbocycles. The van der Waals surface area contributed by atoms with Crippen LogP contribution in [0.25, 0.3) is 0 Å². The minimum atomic E-state index is -3.65. The lowest BCUT2D eigenvalue weighted by Crippen LogP contribution is -2.27. The monoisotopic (exact) mass is 392 g/mol. The van der Waals surface area contributed by atoms with E-state index in [1.807, 2.05) is 25.1 Å². The molecular formula is C20H25ClN2O2S. The second-order valence-electron chi connectivity index (χ2n) is 6.84. The number of anilines is 1. The minimum absolute atomic E-state index is 0.178. The van der Waals surface area contributed by atoms with Gasteiger partial charge in [-0.05, 0) is 73.7 Å². The van der Waals surface area contributed by atoms with E-state index in [1.165, 1.54) is 17.2 Å². The first-order chi connectivity index (χ1) is 12.4. The maximum absolute atomic E-state index is 12.7. The predicted octanol–water partition coefficient (Wildman–Crippen LogP) is 4.26. The van der Waals surface area contributed by atoms with Gasteiger partial charge in [0.2, 0.25) is 0 Å². The standard InChI is InChI=1S/C20H25ClN2O2S/c1-3-10-23-11-8-16-5-6-18(13-17(16)9-12-23)22-26(24,25)19-7-4-15(2)20(21)14-19/h4-7,13-14,22H,3,8-12H2,1-2H3. The summed E-state index contributed by atoms with van der Waals surface area (Å²) in [5.74, 6) is 0. The van der Waals surface area contributed by atoms with Gasteiger partial charge in [0.1, 0.15) is 0 Å². The van der Waals surface area contributed by atoms with Crippen LogP contribution < -0.4 is 4.72 Å². The second-order valence-corrected chi connectivity index (χ2v) is 8.93. The third-order valence-corrected chi connectivity index (χ3v) is 6.63. The maximum Gasteiger partial charge on any atom is 0.261 e. The fourth-order valence-corrected chi connectivity index (χ4v) is 4.65. The minimum Gasteiger partial charge on any atom is -0.303 e. The molecule has 0 saturated carbocycles. The van der Waals surface area contributed by atoms with Gasteiger partial charge in [-0.2, -0.15) is 0 Å². The van der Waals surface area contributed by atoms with Crippen LogP contribution in [0.1, 0.15) is 30.0 Å². The average molecular weight is 393 g/mol. The van der Waals surface area contributed by atoms with Crippen molar-refractivity contribution in [2.24, 2.45) is 0 Å². The molecule has 1 heterocycles. The van der Waals surface area contributed by atoms with Crippen LogP contribution in [0.15, 0.2) is 41.3 Å². The van der Waals surface area contributed by atoms with E-state index in [0.29, 0.717) is 10.7 Å². The highest BCUT2D eigenvalue weighted by Crippen LogP contribution is 2.25. The molecule has 0 fully saturated rings. The lowest BCUT2D eigenvalue weighted by Gasteiger charge is -2.18. The van der Waals surface area contributed by atoms with Crippen molar-refractivity contribution in [3.63, 3.8) is 0 Å². The Kier molecular flexibility index (Phi) is 5.90. The normalized spacial score (nSPS) is 15.3. The molecule has 140 valence electrons. The van der Waals surface area contributed by atoms with Crippen LogP contribution in [0.5, 0.6) is 0 Å². The zero-order valence-electron chi connectivity index (χ0n) is 15.3. The molecule has 0 unspecified atom stereocenters. The van der Waals surface area contributed by atoms with Crippen LogP contribution in [0, 0.1) is 6.92 Å². The Bertz CT molecular complexity index is 897. The molecule has 1 aliphatic heterocycles. The molecule has 2 aromatic carbocycles. The topological polar surface area (TPSA) is 49.4 Å². The third kappa shape index (κ3) is 4.40. The van der Waals surface area contributed by atoms with E-state index < -0.39 is 10.0 Å². The van der Waals surface area contributed by atoms with E-state index in [9.17, 15) is 8.42 Å². The summed E-state index contributed by atoms with van der Waals surface area (Å²) < 4.78 is 28.0. The van der Waals surface area contributed by atoms with Crippen molar-refractivity contribution in [2.75, 3.05) is 24.4 Å². The van der Waals surface area contributed by atoms with Crippen molar-refractivity contribution in [1.82, 2.24) is 4.90 Å². The molecule has 6 heteroatoms. The number of rotatable bonds is 5. The summed E-state index contributed by atoms with van der Waals surface area (Å²) in [6, 6.07) is 10.7. The number of hydrogen-bond donors (Lipinski definition) is 1. The largest absolute Gasteiger partial charge is 0.303 e. The number of fused-ring (bicyclic) bond motifs is 1. The van der Waals surface area contributed by atoms with Gasteiger partial charge in [0.25, 0.3) is 10.0 Å². The Labute approximate surface area is 161 Å². The van der Waals surface area contributed by atoms with E-state index in [2.05, 4.69) is 16.5 Å².